The Kier molecular flexibility index (Phi) is 3.28. The molecule has 0 heterocycles. The van der Waals surface area contributed by atoms with E-state index in [2.05, 4.69) is 18.8 Å². The van der Waals surface area contributed by atoms with Crippen LogP contribution in [0.2, 0.25) is 0 Å². The molecule has 0 saturated carbocycles. The molecule has 2 atom stereocenters. The van der Waals surface area contributed by atoms with Gasteiger partial charge in [0.1, 0.15) is 5.60 Å². The first-order valence-corrected chi connectivity index (χ1v) is 5.40. The van der Waals surface area contributed by atoms with Crippen molar-refractivity contribution in [2.45, 2.75) is 51.7 Å². The van der Waals surface area contributed by atoms with Crippen LogP contribution in [-0.2, 0) is 4.74 Å². The molecule has 1 N–H and O–H groups in total. The van der Waals surface area contributed by atoms with Crippen LogP contribution in [0.5, 0.6) is 0 Å². The van der Waals surface area contributed by atoms with Gasteiger partial charge in [-0.1, -0.05) is 18.8 Å². The standard InChI is InChI=1S/C13H20O2/c1-6-7-8-9-13(14)11(3)10(2)12(13,4)15-5/h14H,6-7H2,1-5H3/t12-,13+/m0/s1. The Balaban J connectivity index is 3.02. The summed E-state index contributed by atoms with van der Waals surface area (Å²) in [5.41, 5.74) is 0.271. The maximum Gasteiger partial charge on any atom is 0.179 e. The molecule has 0 aliphatic heterocycles. The van der Waals surface area contributed by atoms with Crippen molar-refractivity contribution in [3.63, 3.8) is 0 Å². The molecular formula is C13H20O2. The van der Waals surface area contributed by atoms with Gasteiger partial charge in [-0.15, -0.1) is 0 Å². The van der Waals surface area contributed by atoms with E-state index in [9.17, 15) is 5.11 Å². The van der Waals surface area contributed by atoms with E-state index in [1.165, 1.54) is 0 Å². The van der Waals surface area contributed by atoms with E-state index < -0.39 is 11.2 Å². The highest BCUT2D eigenvalue weighted by Crippen LogP contribution is 2.48. The van der Waals surface area contributed by atoms with E-state index >= 15 is 0 Å². The van der Waals surface area contributed by atoms with Gasteiger partial charge < -0.3 is 9.84 Å². The molecule has 0 aromatic carbocycles. The molecule has 1 aliphatic rings. The molecular weight excluding hydrogens is 188 g/mol. The first-order chi connectivity index (χ1) is 6.94. The van der Waals surface area contributed by atoms with Crippen LogP contribution >= 0.6 is 0 Å². The van der Waals surface area contributed by atoms with Gasteiger partial charge in [0.15, 0.2) is 5.60 Å². The minimum atomic E-state index is -1.10. The molecule has 1 aliphatic carbocycles. The van der Waals surface area contributed by atoms with E-state index in [1.54, 1.807) is 7.11 Å². The fourth-order valence-corrected chi connectivity index (χ4v) is 2.03. The highest BCUT2D eigenvalue weighted by Gasteiger charge is 2.58. The third-order valence-corrected chi connectivity index (χ3v) is 3.56. The number of hydrogen-bond acceptors (Lipinski definition) is 2. The molecule has 0 amide bonds. The van der Waals surface area contributed by atoms with Crippen LogP contribution in [0.1, 0.15) is 40.5 Å². The van der Waals surface area contributed by atoms with Gasteiger partial charge in [-0.2, -0.15) is 0 Å². The minimum absolute atomic E-state index is 0.641. The Labute approximate surface area is 92.3 Å². The lowest BCUT2D eigenvalue weighted by atomic mass is 9.62. The van der Waals surface area contributed by atoms with Gasteiger partial charge in [0.2, 0.25) is 0 Å². The van der Waals surface area contributed by atoms with Crippen molar-refractivity contribution in [1.29, 1.82) is 0 Å². The summed E-state index contributed by atoms with van der Waals surface area (Å²) in [5.74, 6) is 5.94. The van der Waals surface area contributed by atoms with Crippen molar-refractivity contribution in [3.05, 3.63) is 11.1 Å². The Bertz CT molecular complexity index is 345. The second kappa shape index (κ2) is 4.00. The number of rotatable bonds is 2. The summed E-state index contributed by atoms with van der Waals surface area (Å²) in [6, 6.07) is 0. The molecule has 84 valence electrons. The van der Waals surface area contributed by atoms with Crippen molar-refractivity contribution >= 4 is 0 Å². The van der Waals surface area contributed by atoms with E-state index in [0.717, 1.165) is 24.0 Å². The highest BCUT2D eigenvalue weighted by molar-refractivity contribution is 5.53. The highest BCUT2D eigenvalue weighted by atomic mass is 16.5. The molecule has 0 unspecified atom stereocenters. The number of methoxy groups -OCH3 is 1. The van der Waals surface area contributed by atoms with E-state index in [1.807, 2.05) is 20.8 Å². The largest absolute Gasteiger partial charge is 0.371 e. The quantitative estimate of drug-likeness (QED) is 0.557. The Morgan fingerprint density at radius 2 is 1.93 bits per heavy atom. The summed E-state index contributed by atoms with van der Waals surface area (Å²) in [7, 11) is 1.61. The normalized spacial score (nSPS) is 34.5. The number of ether oxygens (including phenoxy) is 1. The number of unbranched alkanes of at least 4 members (excludes halogenated alkanes) is 1. The molecule has 0 aromatic rings. The monoisotopic (exact) mass is 208 g/mol. The smallest absolute Gasteiger partial charge is 0.179 e. The average Bonchev–Trinajstić information content (AvgIpc) is 2.26. The second-order valence-corrected chi connectivity index (χ2v) is 4.25. The molecule has 0 radical (unpaired) electrons. The molecule has 15 heavy (non-hydrogen) atoms. The fourth-order valence-electron chi connectivity index (χ4n) is 2.03. The maximum absolute atomic E-state index is 10.4. The first-order valence-electron chi connectivity index (χ1n) is 5.40. The zero-order valence-electron chi connectivity index (χ0n) is 10.3. The summed E-state index contributed by atoms with van der Waals surface area (Å²) >= 11 is 0. The van der Waals surface area contributed by atoms with Crippen molar-refractivity contribution in [2.75, 3.05) is 7.11 Å². The molecule has 2 nitrogen and oxygen atoms in total. The van der Waals surface area contributed by atoms with Gasteiger partial charge >= 0.3 is 0 Å². The lowest BCUT2D eigenvalue weighted by Crippen LogP contribution is -2.62. The number of aliphatic hydroxyl groups is 1. The zero-order valence-corrected chi connectivity index (χ0v) is 10.3. The maximum atomic E-state index is 10.4. The topological polar surface area (TPSA) is 29.5 Å². The summed E-state index contributed by atoms with van der Waals surface area (Å²) in [5, 5.41) is 10.4. The Morgan fingerprint density at radius 1 is 1.33 bits per heavy atom. The predicted octanol–water partition coefficient (Wildman–Crippen LogP) is 2.28. The molecule has 0 spiro atoms. The van der Waals surface area contributed by atoms with Crippen LogP contribution in [0.4, 0.5) is 0 Å². The molecule has 0 fully saturated rings. The SMILES string of the molecule is CCCC#C[C@@]1(O)C(C)=C(C)[C@]1(C)OC. The van der Waals surface area contributed by atoms with Crippen LogP contribution in [0.15, 0.2) is 11.1 Å². The summed E-state index contributed by atoms with van der Waals surface area (Å²) in [6.45, 7) is 7.85. The number of hydrogen-bond donors (Lipinski definition) is 1. The summed E-state index contributed by atoms with van der Waals surface area (Å²) < 4.78 is 5.39. The van der Waals surface area contributed by atoms with Crippen LogP contribution in [0, 0.1) is 11.8 Å². The lowest BCUT2D eigenvalue weighted by molar-refractivity contribution is -0.111. The van der Waals surface area contributed by atoms with Crippen molar-refractivity contribution in [2.24, 2.45) is 0 Å². The van der Waals surface area contributed by atoms with Gasteiger partial charge in [0.25, 0.3) is 0 Å². The third-order valence-electron chi connectivity index (χ3n) is 3.56. The van der Waals surface area contributed by atoms with Gasteiger partial charge in [0.05, 0.1) is 0 Å². The van der Waals surface area contributed by atoms with E-state index in [-0.39, 0.29) is 0 Å². The van der Waals surface area contributed by atoms with Crippen LogP contribution in [-0.4, -0.2) is 23.4 Å². The van der Waals surface area contributed by atoms with Crippen molar-refractivity contribution < 1.29 is 9.84 Å². The van der Waals surface area contributed by atoms with Crippen LogP contribution in [0.25, 0.3) is 0 Å². The molecule has 0 saturated heterocycles. The van der Waals surface area contributed by atoms with Crippen LogP contribution in [0.3, 0.4) is 0 Å². The zero-order chi connectivity index (χ0) is 11.7. The predicted molar refractivity (Wildman–Crippen MR) is 61.4 cm³/mol. The van der Waals surface area contributed by atoms with Gasteiger partial charge in [-0.3, -0.25) is 0 Å². The Morgan fingerprint density at radius 3 is 2.40 bits per heavy atom. The second-order valence-electron chi connectivity index (χ2n) is 4.25. The molecule has 0 bridgehead atoms. The molecule has 2 heteroatoms. The van der Waals surface area contributed by atoms with Gasteiger partial charge in [-0.05, 0) is 38.3 Å². The third kappa shape index (κ3) is 1.51. The van der Waals surface area contributed by atoms with Crippen molar-refractivity contribution in [3.8, 4) is 11.8 Å². The first kappa shape index (κ1) is 12.3. The average molecular weight is 208 g/mol. The lowest BCUT2D eigenvalue weighted by Gasteiger charge is -2.51. The summed E-state index contributed by atoms with van der Waals surface area (Å²) in [4.78, 5) is 0. The van der Waals surface area contributed by atoms with E-state index in [0.29, 0.717) is 0 Å². The Hall–Kier alpha value is -0.780. The molecule has 0 aromatic heterocycles. The fraction of sp³-hybridized carbons (Fsp3) is 0.692. The van der Waals surface area contributed by atoms with Gasteiger partial charge in [0, 0.05) is 13.5 Å². The van der Waals surface area contributed by atoms with Crippen molar-refractivity contribution in [1.82, 2.24) is 0 Å². The molecule has 1 rings (SSSR count). The minimum Gasteiger partial charge on any atom is -0.371 e. The van der Waals surface area contributed by atoms with E-state index in [4.69, 9.17) is 4.74 Å². The van der Waals surface area contributed by atoms with Crippen LogP contribution < -0.4 is 0 Å². The summed E-state index contributed by atoms with van der Waals surface area (Å²) in [6.07, 6.45) is 1.82. The van der Waals surface area contributed by atoms with Gasteiger partial charge in [-0.25, -0.2) is 0 Å².